The van der Waals surface area contributed by atoms with Gasteiger partial charge in [-0.3, -0.25) is 0 Å². The monoisotopic (exact) mass is 213 g/mol. The lowest BCUT2D eigenvalue weighted by Gasteiger charge is -2.38. The maximum absolute atomic E-state index is 11.9. The van der Waals surface area contributed by atoms with Crippen molar-refractivity contribution < 1.29 is 4.79 Å². The minimum Gasteiger partial charge on any atom is -0.328 e. The van der Waals surface area contributed by atoms with E-state index in [0.717, 1.165) is 26.1 Å². The van der Waals surface area contributed by atoms with Crippen molar-refractivity contribution >= 4 is 6.03 Å². The summed E-state index contributed by atoms with van der Waals surface area (Å²) in [5.74, 6) is 0.540. The van der Waals surface area contributed by atoms with Crippen LogP contribution in [0, 0.1) is 5.92 Å². The maximum Gasteiger partial charge on any atom is 0.319 e. The van der Waals surface area contributed by atoms with Gasteiger partial charge < -0.3 is 15.1 Å². The number of hydrogen-bond acceptors (Lipinski definition) is 2. The molecule has 4 heteroatoms. The Kier molecular flexibility index (Phi) is 4.39. The van der Waals surface area contributed by atoms with Crippen LogP contribution in [0.3, 0.4) is 0 Å². The predicted molar refractivity (Wildman–Crippen MR) is 61.9 cm³/mol. The maximum atomic E-state index is 11.9. The van der Waals surface area contributed by atoms with Crippen molar-refractivity contribution in [3.63, 3.8) is 0 Å². The van der Waals surface area contributed by atoms with Crippen molar-refractivity contribution in [1.82, 2.24) is 15.1 Å². The van der Waals surface area contributed by atoms with Crippen LogP contribution in [0.5, 0.6) is 0 Å². The predicted octanol–water partition coefficient (Wildman–Crippen LogP) is 0.988. The number of likely N-dealkylation sites (tertiary alicyclic amines) is 1. The molecule has 1 heterocycles. The molecule has 0 saturated carbocycles. The number of nitrogens with zero attached hydrogens (tertiary/aromatic N) is 2. The smallest absolute Gasteiger partial charge is 0.319 e. The highest BCUT2D eigenvalue weighted by atomic mass is 16.2. The Balaban J connectivity index is 2.50. The second kappa shape index (κ2) is 5.35. The van der Waals surface area contributed by atoms with Gasteiger partial charge in [-0.15, -0.1) is 0 Å². The first-order valence-electron chi connectivity index (χ1n) is 5.77. The minimum absolute atomic E-state index is 0.166. The fourth-order valence-corrected chi connectivity index (χ4v) is 2.12. The SMILES string of the molecule is CCN(C)C(=O)N1CCC(NC)C(C)C1. The molecule has 0 radical (unpaired) electrons. The highest BCUT2D eigenvalue weighted by molar-refractivity contribution is 5.74. The average molecular weight is 213 g/mol. The Labute approximate surface area is 92.6 Å². The first-order chi connectivity index (χ1) is 7.10. The van der Waals surface area contributed by atoms with Crippen LogP contribution in [0.2, 0.25) is 0 Å². The third-order valence-electron chi connectivity index (χ3n) is 3.35. The highest BCUT2D eigenvalue weighted by Gasteiger charge is 2.28. The molecule has 0 aromatic heterocycles. The molecule has 1 aliphatic heterocycles. The molecule has 0 aromatic rings. The largest absolute Gasteiger partial charge is 0.328 e. The number of rotatable bonds is 2. The van der Waals surface area contributed by atoms with E-state index in [2.05, 4.69) is 12.2 Å². The van der Waals surface area contributed by atoms with Gasteiger partial charge in [0.15, 0.2) is 0 Å². The van der Waals surface area contributed by atoms with Gasteiger partial charge >= 0.3 is 6.03 Å². The lowest BCUT2D eigenvalue weighted by molar-refractivity contribution is 0.128. The van der Waals surface area contributed by atoms with Crippen molar-refractivity contribution in [1.29, 1.82) is 0 Å². The number of urea groups is 1. The number of piperidine rings is 1. The number of nitrogens with one attached hydrogen (secondary N) is 1. The van der Waals surface area contributed by atoms with Gasteiger partial charge in [-0.1, -0.05) is 6.92 Å². The van der Waals surface area contributed by atoms with Crippen LogP contribution in [0.4, 0.5) is 4.79 Å². The zero-order valence-corrected chi connectivity index (χ0v) is 10.3. The van der Waals surface area contributed by atoms with E-state index in [0.29, 0.717) is 12.0 Å². The molecular weight excluding hydrogens is 190 g/mol. The summed E-state index contributed by atoms with van der Waals surface area (Å²) in [6, 6.07) is 0.722. The van der Waals surface area contributed by atoms with Crippen molar-refractivity contribution in [3.8, 4) is 0 Å². The third kappa shape index (κ3) is 2.84. The summed E-state index contributed by atoms with van der Waals surface area (Å²) in [5.41, 5.74) is 0. The Bertz CT molecular complexity index is 220. The van der Waals surface area contributed by atoms with E-state index in [-0.39, 0.29) is 6.03 Å². The standard InChI is InChI=1S/C11H23N3O/c1-5-13(4)11(15)14-7-6-10(12-3)9(2)8-14/h9-10,12H,5-8H2,1-4H3. The van der Waals surface area contributed by atoms with Crippen molar-refractivity contribution in [3.05, 3.63) is 0 Å². The zero-order valence-electron chi connectivity index (χ0n) is 10.3. The summed E-state index contributed by atoms with van der Waals surface area (Å²) in [5, 5.41) is 3.30. The molecule has 2 unspecified atom stereocenters. The Morgan fingerprint density at radius 1 is 1.60 bits per heavy atom. The van der Waals surface area contributed by atoms with Gasteiger partial charge in [0.05, 0.1) is 0 Å². The van der Waals surface area contributed by atoms with E-state index < -0.39 is 0 Å². The molecule has 1 fully saturated rings. The van der Waals surface area contributed by atoms with Crippen LogP contribution >= 0.6 is 0 Å². The first kappa shape index (κ1) is 12.3. The molecule has 2 amide bonds. The van der Waals surface area contributed by atoms with Crippen LogP contribution in [-0.2, 0) is 0 Å². The number of carbonyl (C=O) groups excluding carboxylic acids is 1. The van der Waals surface area contributed by atoms with E-state index in [9.17, 15) is 4.79 Å². The van der Waals surface area contributed by atoms with E-state index >= 15 is 0 Å². The zero-order chi connectivity index (χ0) is 11.4. The molecule has 1 N–H and O–H groups in total. The number of carbonyl (C=O) groups is 1. The molecule has 88 valence electrons. The lowest BCUT2D eigenvalue weighted by atomic mass is 9.94. The second-order valence-electron chi connectivity index (χ2n) is 4.40. The molecule has 15 heavy (non-hydrogen) atoms. The molecule has 1 saturated heterocycles. The van der Waals surface area contributed by atoms with Crippen LogP contribution in [0.25, 0.3) is 0 Å². The van der Waals surface area contributed by atoms with E-state index in [1.165, 1.54) is 0 Å². The molecule has 2 atom stereocenters. The van der Waals surface area contributed by atoms with Gasteiger partial charge in [0, 0.05) is 32.7 Å². The second-order valence-corrected chi connectivity index (χ2v) is 4.40. The minimum atomic E-state index is 0.166. The summed E-state index contributed by atoms with van der Waals surface area (Å²) in [7, 11) is 3.86. The summed E-state index contributed by atoms with van der Waals surface area (Å²) >= 11 is 0. The van der Waals surface area contributed by atoms with Crippen molar-refractivity contribution in [2.75, 3.05) is 33.7 Å². The van der Waals surface area contributed by atoms with Crippen LogP contribution in [0.1, 0.15) is 20.3 Å². The molecular formula is C11H23N3O. The van der Waals surface area contributed by atoms with Crippen LogP contribution in [-0.4, -0.2) is 55.6 Å². The summed E-state index contributed by atoms with van der Waals surface area (Å²) < 4.78 is 0. The van der Waals surface area contributed by atoms with Gasteiger partial charge in [-0.25, -0.2) is 4.79 Å². The average Bonchev–Trinajstić information content (AvgIpc) is 2.26. The quantitative estimate of drug-likeness (QED) is 0.742. The molecule has 1 rings (SSSR count). The van der Waals surface area contributed by atoms with Gasteiger partial charge in [0.1, 0.15) is 0 Å². The molecule has 1 aliphatic rings. The Morgan fingerprint density at radius 3 is 2.73 bits per heavy atom. The van der Waals surface area contributed by atoms with Crippen molar-refractivity contribution in [2.45, 2.75) is 26.3 Å². The molecule has 0 aromatic carbocycles. The van der Waals surface area contributed by atoms with E-state index in [1.807, 2.05) is 25.9 Å². The molecule has 4 nitrogen and oxygen atoms in total. The fourth-order valence-electron chi connectivity index (χ4n) is 2.12. The number of hydrogen-bond donors (Lipinski definition) is 1. The molecule has 0 bridgehead atoms. The third-order valence-corrected chi connectivity index (χ3v) is 3.35. The normalized spacial score (nSPS) is 26.5. The van der Waals surface area contributed by atoms with Crippen LogP contribution in [0.15, 0.2) is 0 Å². The van der Waals surface area contributed by atoms with Gasteiger partial charge in [0.2, 0.25) is 0 Å². The summed E-state index contributed by atoms with van der Waals surface area (Å²) in [6.45, 7) is 6.72. The van der Waals surface area contributed by atoms with Crippen molar-refractivity contribution in [2.24, 2.45) is 5.92 Å². The molecule has 0 aliphatic carbocycles. The van der Waals surface area contributed by atoms with E-state index in [4.69, 9.17) is 0 Å². The lowest BCUT2D eigenvalue weighted by Crippen LogP contribution is -2.52. The van der Waals surface area contributed by atoms with Crippen LogP contribution < -0.4 is 5.32 Å². The van der Waals surface area contributed by atoms with E-state index in [1.54, 1.807) is 4.90 Å². The Hall–Kier alpha value is -0.770. The summed E-state index contributed by atoms with van der Waals surface area (Å²) in [4.78, 5) is 15.6. The topological polar surface area (TPSA) is 35.6 Å². The summed E-state index contributed by atoms with van der Waals surface area (Å²) in [6.07, 6.45) is 1.06. The first-order valence-corrected chi connectivity index (χ1v) is 5.77. The highest BCUT2D eigenvalue weighted by Crippen LogP contribution is 2.17. The van der Waals surface area contributed by atoms with Gasteiger partial charge in [-0.2, -0.15) is 0 Å². The number of amides is 2. The Morgan fingerprint density at radius 2 is 2.27 bits per heavy atom. The van der Waals surface area contributed by atoms with Gasteiger partial charge in [-0.05, 0) is 26.3 Å². The molecule has 0 spiro atoms. The fraction of sp³-hybridized carbons (Fsp3) is 0.909. The van der Waals surface area contributed by atoms with Gasteiger partial charge in [0.25, 0.3) is 0 Å².